The minimum absolute atomic E-state index is 0.602. The quantitative estimate of drug-likeness (QED) is 0.689. The second-order valence-corrected chi connectivity index (χ2v) is 2.70. The van der Waals surface area contributed by atoms with E-state index in [1.165, 1.54) is 0 Å². The minimum atomic E-state index is 0.602. The number of H-pyrrole nitrogens is 1. The molecule has 72 valence electrons. The zero-order chi connectivity index (χ0) is 10.6. The summed E-state index contributed by atoms with van der Waals surface area (Å²) in [6, 6.07) is 3.90. The first-order valence-electron chi connectivity index (χ1n) is 4.65. The highest BCUT2D eigenvalue weighted by atomic mass is 14.8. The smallest absolute Gasteiger partial charge is 0.137 e. The molecule has 0 radical (unpaired) electrons. The van der Waals surface area contributed by atoms with Crippen LogP contribution in [-0.2, 0) is 0 Å². The van der Waals surface area contributed by atoms with Gasteiger partial charge in [0.2, 0.25) is 0 Å². The first kappa shape index (κ1) is 10.3. The molecule has 0 saturated carbocycles. The van der Waals surface area contributed by atoms with E-state index in [4.69, 9.17) is 5.26 Å². The predicted molar refractivity (Wildman–Crippen MR) is 56.9 cm³/mol. The van der Waals surface area contributed by atoms with Gasteiger partial charge in [-0.25, -0.2) is 4.98 Å². The SMILES string of the molecule is CC.Cc1c[nH]c2ncc(C#N)cc12. The maximum Gasteiger partial charge on any atom is 0.137 e. The fourth-order valence-electron chi connectivity index (χ4n) is 1.20. The Bertz CT molecular complexity index is 463. The van der Waals surface area contributed by atoms with E-state index in [-0.39, 0.29) is 0 Å². The lowest BCUT2D eigenvalue weighted by atomic mass is 10.2. The Morgan fingerprint density at radius 3 is 2.79 bits per heavy atom. The summed E-state index contributed by atoms with van der Waals surface area (Å²) < 4.78 is 0. The van der Waals surface area contributed by atoms with E-state index in [2.05, 4.69) is 16.0 Å². The maximum absolute atomic E-state index is 8.63. The van der Waals surface area contributed by atoms with Crippen LogP contribution in [0.25, 0.3) is 11.0 Å². The predicted octanol–water partition coefficient (Wildman–Crippen LogP) is 2.77. The van der Waals surface area contributed by atoms with E-state index in [9.17, 15) is 0 Å². The normalized spacial score (nSPS) is 9.00. The lowest BCUT2D eigenvalue weighted by Crippen LogP contribution is -1.79. The number of nitrogens with one attached hydrogen (secondary N) is 1. The van der Waals surface area contributed by atoms with Gasteiger partial charge in [-0.2, -0.15) is 5.26 Å². The Balaban J connectivity index is 0.000000461. The lowest BCUT2D eigenvalue weighted by Gasteiger charge is -1.90. The Morgan fingerprint density at radius 1 is 1.43 bits per heavy atom. The Hall–Kier alpha value is -1.82. The molecule has 2 aromatic rings. The largest absolute Gasteiger partial charge is 0.346 e. The Morgan fingerprint density at radius 2 is 2.14 bits per heavy atom. The third-order valence-electron chi connectivity index (χ3n) is 1.87. The van der Waals surface area contributed by atoms with Crippen molar-refractivity contribution < 1.29 is 0 Å². The molecule has 0 unspecified atom stereocenters. The lowest BCUT2D eigenvalue weighted by molar-refractivity contribution is 1.31. The first-order chi connectivity index (χ1) is 6.81. The summed E-state index contributed by atoms with van der Waals surface area (Å²) in [6.45, 7) is 5.99. The molecule has 0 saturated heterocycles. The molecule has 0 amide bonds. The monoisotopic (exact) mass is 187 g/mol. The van der Waals surface area contributed by atoms with Gasteiger partial charge in [-0.05, 0) is 18.6 Å². The van der Waals surface area contributed by atoms with E-state index in [1.54, 1.807) is 6.20 Å². The Labute approximate surface area is 83.4 Å². The van der Waals surface area contributed by atoms with Crippen molar-refractivity contribution >= 4 is 11.0 Å². The third kappa shape index (κ3) is 1.74. The van der Waals surface area contributed by atoms with Crippen molar-refractivity contribution in [3.8, 4) is 6.07 Å². The standard InChI is InChI=1S/C9H7N3.C2H6/c1-6-4-11-9-8(6)2-7(3-10)5-12-9;1-2/h2,4-5H,1H3,(H,11,12);1-2H3. The van der Waals surface area contributed by atoms with Crippen LogP contribution < -0.4 is 0 Å². The van der Waals surface area contributed by atoms with Gasteiger partial charge < -0.3 is 4.98 Å². The highest BCUT2D eigenvalue weighted by molar-refractivity contribution is 5.80. The molecule has 0 bridgehead atoms. The summed E-state index contributed by atoms with van der Waals surface area (Å²) in [7, 11) is 0. The molecule has 2 heterocycles. The van der Waals surface area contributed by atoms with Crippen LogP contribution in [0, 0.1) is 18.3 Å². The molecule has 0 fully saturated rings. The summed E-state index contributed by atoms with van der Waals surface area (Å²) >= 11 is 0. The number of aromatic amines is 1. The highest BCUT2D eigenvalue weighted by Gasteiger charge is 2.00. The summed E-state index contributed by atoms with van der Waals surface area (Å²) in [5, 5.41) is 9.65. The van der Waals surface area contributed by atoms with Gasteiger partial charge in [-0.15, -0.1) is 0 Å². The van der Waals surface area contributed by atoms with Gasteiger partial charge in [-0.3, -0.25) is 0 Å². The van der Waals surface area contributed by atoms with Crippen molar-refractivity contribution in [2.75, 3.05) is 0 Å². The van der Waals surface area contributed by atoms with E-state index >= 15 is 0 Å². The number of aryl methyl sites for hydroxylation is 1. The second-order valence-electron chi connectivity index (χ2n) is 2.70. The number of nitrogens with zero attached hydrogens (tertiary/aromatic N) is 2. The topological polar surface area (TPSA) is 52.5 Å². The van der Waals surface area contributed by atoms with Crippen LogP contribution in [0.3, 0.4) is 0 Å². The van der Waals surface area contributed by atoms with Crippen molar-refractivity contribution in [3.05, 3.63) is 29.6 Å². The van der Waals surface area contributed by atoms with Gasteiger partial charge in [-0.1, -0.05) is 13.8 Å². The maximum atomic E-state index is 8.63. The van der Waals surface area contributed by atoms with Crippen molar-refractivity contribution in [3.63, 3.8) is 0 Å². The molecule has 0 aromatic carbocycles. The van der Waals surface area contributed by atoms with E-state index in [0.29, 0.717) is 5.56 Å². The molecule has 14 heavy (non-hydrogen) atoms. The van der Waals surface area contributed by atoms with Crippen molar-refractivity contribution in [1.82, 2.24) is 9.97 Å². The molecule has 2 rings (SSSR count). The number of fused-ring (bicyclic) bond motifs is 1. The number of aromatic nitrogens is 2. The van der Waals surface area contributed by atoms with Crippen LogP contribution in [0.5, 0.6) is 0 Å². The fourth-order valence-corrected chi connectivity index (χ4v) is 1.20. The molecule has 0 aliphatic heterocycles. The molecule has 1 N–H and O–H groups in total. The first-order valence-corrected chi connectivity index (χ1v) is 4.65. The Kier molecular flexibility index (Phi) is 3.24. The van der Waals surface area contributed by atoms with Gasteiger partial charge in [0.05, 0.1) is 5.56 Å². The fraction of sp³-hybridized carbons (Fsp3) is 0.273. The van der Waals surface area contributed by atoms with Crippen LogP contribution >= 0.6 is 0 Å². The highest BCUT2D eigenvalue weighted by Crippen LogP contribution is 2.15. The number of rotatable bonds is 0. The van der Waals surface area contributed by atoms with Crippen LogP contribution in [0.2, 0.25) is 0 Å². The van der Waals surface area contributed by atoms with Gasteiger partial charge in [0.25, 0.3) is 0 Å². The molecular weight excluding hydrogens is 174 g/mol. The number of nitriles is 1. The summed E-state index contributed by atoms with van der Waals surface area (Å²) in [6.07, 6.45) is 3.46. The van der Waals surface area contributed by atoms with Crippen LogP contribution in [0.15, 0.2) is 18.5 Å². The van der Waals surface area contributed by atoms with Crippen molar-refractivity contribution in [2.24, 2.45) is 0 Å². The van der Waals surface area contributed by atoms with E-state index < -0.39 is 0 Å². The summed E-state index contributed by atoms with van der Waals surface area (Å²) in [5.74, 6) is 0. The van der Waals surface area contributed by atoms with E-state index in [0.717, 1.165) is 16.6 Å². The van der Waals surface area contributed by atoms with Gasteiger partial charge in [0.15, 0.2) is 0 Å². The zero-order valence-corrected chi connectivity index (χ0v) is 8.63. The van der Waals surface area contributed by atoms with Crippen LogP contribution in [-0.4, -0.2) is 9.97 Å². The molecule has 3 nitrogen and oxygen atoms in total. The van der Waals surface area contributed by atoms with E-state index in [1.807, 2.05) is 33.0 Å². The molecule has 2 aromatic heterocycles. The van der Waals surface area contributed by atoms with Crippen LogP contribution in [0.1, 0.15) is 25.0 Å². The van der Waals surface area contributed by atoms with Gasteiger partial charge in [0.1, 0.15) is 11.7 Å². The minimum Gasteiger partial charge on any atom is -0.346 e. The van der Waals surface area contributed by atoms with Gasteiger partial charge in [0, 0.05) is 17.8 Å². The van der Waals surface area contributed by atoms with Crippen molar-refractivity contribution in [2.45, 2.75) is 20.8 Å². The summed E-state index contributed by atoms with van der Waals surface area (Å²) in [4.78, 5) is 7.11. The number of pyridine rings is 1. The molecule has 0 spiro atoms. The number of hydrogen-bond acceptors (Lipinski definition) is 2. The average molecular weight is 187 g/mol. The second kappa shape index (κ2) is 4.43. The average Bonchev–Trinajstić information content (AvgIpc) is 2.63. The van der Waals surface area contributed by atoms with Crippen molar-refractivity contribution in [1.29, 1.82) is 5.26 Å². The van der Waals surface area contributed by atoms with Gasteiger partial charge >= 0.3 is 0 Å². The van der Waals surface area contributed by atoms with Crippen LogP contribution in [0.4, 0.5) is 0 Å². The molecular formula is C11H13N3. The molecule has 0 atom stereocenters. The third-order valence-corrected chi connectivity index (χ3v) is 1.87. The molecule has 0 aliphatic rings. The summed E-state index contributed by atoms with van der Waals surface area (Å²) in [5.41, 5.74) is 2.56. The molecule has 0 aliphatic carbocycles. The number of hydrogen-bond donors (Lipinski definition) is 1. The molecule has 3 heteroatoms. The zero-order valence-electron chi connectivity index (χ0n) is 8.63.